The fourth-order valence-corrected chi connectivity index (χ4v) is 6.87. The van der Waals surface area contributed by atoms with Gasteiger partial charge in [0.1, 0.15) is 32.3 Å². The van der Waals surface area contributed by atoms with Crippen LogP contribution in [0.3, 0.4) is 0 Å². The molecule has 0 aromatic carbocycles. The number of hydrogen-bond donors (Lipinski definition) is 4. The van der Waals surface area contributed by atoms with Crippen LogP contribution in [0, 0.1) is 19.8 Å². The molecule has 13 heteroatoms. The van der Waals surface area contributed by atoms with Crippen LogP contribution >= 0.6 is 11.3 Å². The van der Waals surface area contributed by atoms with Gasteiger partial charge in [0, 0.05) is 31.0 Å². The number of ether oxygens (including phenoxy) is 1. The highest BCUT2D eigenvalue weighted by Gasteiger charge is 2.48. The molecular formula is C24H34N6O5S2. The van der Waals surface area contributed by atoms with Gasteiger partial charge in [0.05, 0.1) is 34.0 Å². The molecular weight excluding hydrogens is 516 g/mol. The van der Waals surface area contributed by atoms with E-state index in [0.29, 0.717) is 47.7 Å². The summed E-state index contributed by atoms with van der Waals surface area (Å²) in [6, 6.07) is 1.82. The van der Waals surface area contributed by atoms with Gasteiger partial charge in [-0.05, 0) is 46.6 Å². The average molecular weight is 551 g/mol. The van der Waals surface area contributed by atoms with E-state index in [0.717, 1.165) is 22.2 Å². The molecule has 37 heavy (non-hydrogen) atoms. The Hall–Kier alpha value is -2.45. The smallest absolute Gasteiger partial charge is 0.225 e. The van der Waals surface area contributed by atoms with E-state index in [1.54, 1.807) is 6.20 Å². The van der Waals surface area contributed by atoms with Crippen molar-refractivity contribution in [2.75, 3.05) is 35.9 Å². The Kier molecular flexibility index (Phi) is 8.00. The molecule has 3 heterocycles. The predicted molar refractivity (Wildman–Crippen MR) is 145 cm³/mol. The third kappa shape index (κ3) is 6.17. The van der Waals surface area contributed by atoms with Crippen LogP contribution in [0.5, 0.6) is 0 Å². The number of hydrogen-bond acceptors (Lipinski definition) is 12. The summed E-state index contributed by atoms with van der Waals surface area (Å²) < 4.78 is 30.2. The summed E-state index contributed by atoms with van der Waals surface area (Å²) in [5.74, 6) is -0.179. The minimum Gasteiger partial charge on any atom is -0.388 e. The highest BCUT2D eigenvalue weighted by molar-refractivity contribution is 7.90. The van der Waals surface area contributed by atoms with Crippen LogP contribution in [-0.2, 0) is 14.6 Å². The van der Waals surface area contributed by atoms with Crippen molar-refractivity contribution in [3.05, 3.63) is 23.7 Å². The number of aromatic nitrogens is 4. The van der Waals surface area contributed by atoms with Gasteiger partial charge >= 0.3 is 0 Å². The summed E-state index contributed by atoms with van der Waals surface area (Å²) in [4.78, 5) is 18.4. The number of nitrogens with zero attached hydrogens (tertiary/aromatic N) is 4. The Morgan fingerprint density at radius 1 is 1.27 bits per heavy atom. The summed E-state index contributed by atoms with van der Waals surface area (Å²) in [7, 11) is -3.33. The monoisotopic (exact) mass is 550 g/mol. The largest absolute Gasteiger partial charge is 0.388 e. The standard InChI is InChI=1S/C24H34N6O5S2/c1-6-35-11-13(2)26-23-27-14(3)18(22-28-19-15(4)25-10-8-17(19)36-22)21(29-23)30-24(32)9-7-16(20(24)31)12-37(5,33)34/h8,10,13,16,20,31-32H,6-7,9,11-12H2,1-5H3,(H2,26,27,29,30). The second-order valence-electron chi connectivity index (χ2n) is 9.71. The third-order valence-electron chi connectivity index (χ3n) is 6.43. The van der Waals surface area contributed by atoms with Crippen molar-refractivity contribution >= 4 is 43.2 Å². The zero-order chi connectivity index (χ0) is 27.0. The first-order valence-corrected chi connectivity index (χ1v) is 15.1. The predicted octanol–water partition coefficient (Wildman–Crippen LogP) is 2.52. The number of aliphatic hydroxyl groups excluding tert-OH is 1. The molecule has 1 saturated carbocycles. The molecule has 0 spiro atoms. The van der Waals surface area contributed by atoms with Gasteiger partial charge in [0.15, 0.2) is 5.72 Å². The number of pyridine rings is 1. The van der Waals surface area contributed by atoms with Crippen molar-refractivity contribution in [2.45, 2.75) is 58.4 Å². The van der Waals surface area contributed by atoms with E-state index in [2.05, 4.69) is 25.6 Å². The number of aliphatic hydroxyl groups is 2. The van der Waals surface area contributed by atoms with E-state index in [1.165, 1.54) is 11.3 Å². The van der Waals surface area contributed by atoms with Crippen molar-refractivity contribution in [3.8, 4) is 10.6 Å². The summed E-state index contributed by atoms with van der Waals surface area (Å²) in [6.07, 6.45) is 2.06. The van der Waals surface area contributed by atoms with Crippen molar-refractivity contribution in [1.29, 1.82) is 0 Å². The van der Waals surface area contributed by atoms with E-state index in [9.17, 15) is 18.6 Å². The number of anilines is 2. The maximum absolute atomic E-state index is 11.9. The molecule has 4 rings (SSSR count). The number of aryl methyl sites for hydroxylation is 2. The van der Waals surface area contributed by atoms with Crippen molar-refractivity contribution in [1.82, 2.24) is 19.9 Å². The lowest BCUT2D eigenvalue weighted by Crippen LogP contribution is -2.48. The van der Waals surface area contributed by atoms with Gasteiger partial charge in [-0.15, -0.1) is 11.3 Å². The third-order valence-corrected chi connectivity index (χ3v) is 8.50. The maximum Gasteiger partial charge on any atom is 0.225 e. The molecule has 11 nitrogen and oxygen atoms in total. The first kappa shape index (κ1) is 27.6. The topological polar surface area (TPSA) is 159 Å². The Labute approximate surface area is 220 Å². The SMILES string of the molecule is CCOCC(C)Nc1nc(C)c(-c2nc3c(C)nccc3s2)c(NC2(O)CCC(CS(C)(=O)=O)C2O)n1. The summed E-state index contributed by atoms with van der Waals surface area (Å²) in [5, 5.41) is 29.3. The zero-order valence-corrected chi connectivity index (χ0v) is 23.3. The van der Waals surface area contributed by atoms with Gasteiger partial charge in [-0.2, -0.15) is 4.98 Å². The molecule has 0 bridgehead atoms. The van der Waals surface area contributed by atoms with E-state index >= 15 is 0 Å². The lowest BCUT2D eigenvalue weighted by atomic mass is 10.0. The van der Waals surface area contributed by atoms with Gasteiger partial charge < -0.3 is 25.6 Å². The van der Waals surface area contributed by atoms with Crippen LogP contribution in [0.25, 0.3) is 20.8 Å². The molecule has 202 valence electrons. The van der Waals surface area contributed by atoms with Crippen LogP contribution in [0.2, 0.25) is 0 Å². The van der Waals surface area contributed by atoms with E-state index in [-0.39, 0.29) is 18.2 Å². The van der Waals surface area contributed by atoms with Crippen LogP contribution in [0.4, 0.5) is 11.8 Å². The maximum atomic E-state index is 11.9. The highest BCUT2D eigenvalue weighted by Crippen LogP contribution is 2.41. The second kappa shape index (κ2) is 10.7. The highest BCUT2D eigenvalue weighted by atomic mass is 32.2. The van der Waals surface area contributed by atoms with Crippen LogP contribution in [0.1, 0.15) is 38.1 Å². The van der Waals surface area contributed by atoms with E-state index in [1.807, 2.05) is 33.8 Å². The Morgan fingerprint density at radius 3 is 2.70 bits per heavy atom. The van der Waals surface area contributed by atoms with Gasteiger partial charge in [-0.1, -0.05) is 0 Å². The van der Waals surface area contributed by atoms with Crippen LogP contribution < -0.4 is 10.6 Å². The van der Waals surface area contributed by atoms with Crippen molar-refractivity contribution < 1.29 is 23.4 Å². The van der Waals surface area contributed by atoms with Crippen LogP contribution in [-0.4, -0.2) is 81.7 Å². The van der Waals surface area contributed by atoms with E-state index < -0.39 is 27.6 Å². The number of thiazole rings is 1. The Bertz CT molecular complexity index is 1380. The molecule has 1 fully saturated rings. The van der Waals surface area contributed by atoms with Crippen molar-refractivity contribution in [3.63, 3.8) is 0 Å². The second-order valence-corrected chi connectivity index (χ2v) is 12.9. The first-order chi connectivity index (χ1) is 17.4. The van der Waals surface area contributed by atoms with E-state index in [4.69, 9.17) is 9.72 Å². The number of rotatable bonds is 10. The fourth-order valence-electron chi connectivity index (χ4n) is 4.64. The molecule has 0 aliphatic heterocycles. The molecule has 1 aliphatic rings. The summed E-state index contributed by atoms with van der Waals surface area (Å²) in [5.41, 5.74) is 1.01. The van der Waals surface area contributed by atoms with Gasteiger partial charge in [0.2, 0.25) is 5.95 Å². The zero-order valence-electron chi connectivity index (χ0n) is 21.6. The number of fused-ring (bicyclic) bond motifs is 1. The molecule has 0 saturated heterocycles. The molecule has 4 unspecified atom stereocenters. The fraction of sp³-hybridized carbons (Fsp3) is 0.583. The van der Waals surface area contributed by atoms with Gasteiger partial charge in [0.25, 0.3) is 0 Å². The molecule has 4 atom stereocenters. The van der Waals surface area contributed by atoms with Crippen molar-refractivity contribution in [2.24, 2.45) is 5.92 Å². The quantitative estimate of drug-likeness (QED) is 0.275. The molecule has 0 radical (unpaired) electrons. The molecule has 0 amide bonds. The van der Waals surface area contributed by atoms with Crippen LogP contribution in [0.15, 0.2) is 12.3 Å². The molecule has 3 aromatic heterocycles. The number of sulfone groups is 1. The Morgan fingerprint density at radius 2 is 2.03 bits per heavy atom. The van der Waals surface area contributed by atoms with Gasteiger partial charge in [-0.25, -0.2) is 18.4 Å². The minimum absolute atomic E-state index is 0.0754. The Balaban J connectivity index is 1.75. The van der Waals surface area contributed by atoms with Gasteiger partial charge in [-0.3, -0.25) is 4.98 Å². The number of nitrogens with one attached hydrogen (secondary N) is 2. The summed E-state index contributed by atoms with van der Waals surface area (Å²) in [6.45, 7) is 8.64. The normalized spacial score (nSPS) is 22.9. The average Bonchev–Trinajstić information content (AvgIpc) is 3.34. The molecule has 4 N–H and O–H groups in total. The first-order valence-electron chi connectivity index (χ1n) is 12.2. The molecule has 1 aliphatic carbocycles. The minimum atomic E-state index is -3.33. The molecule has 3 aromatic rings. The lowest BCUT2D eigenvalue weighted by molar-refractivity contribution is -0.0442. The lowest BCUT2D eigenvalue weighted by Gasteiger charge is -2.31. The summed E-state index contributed by atoms with van der Waals surface area (Å²) >= 11 is 1.45.